The molecule has 0 amide bonds. The minimum Gasteiger partial charge on any atom is -0.460 e. The Morgan fingerprint density at radius 1 is 1.18 bits per heavy atom. The summed E-state index contributed by atoms with van der Waals surface area (Å²) in [6, 6.07) is 1.35. The normalized spacial score (nSPS) is 39.5. The zero-order valence-corrected chi connectivity index (χ0v) is 10.5. The van der Waals surface area contributed by atoms with Gasteiger partial charge in [-0.15, -0.1) is 0 Å². The first-order valence-corrected chi connectivity index (χ1v) is 7.10. The molecule has 3 rings (SSSR count). The minimum absolute atomic E-state index is 0.395. The van der Waals surface area contributed by atoms with Crippen molar-refractivity contribution in [1.82, 2.24) is 10.6 Å². The molecule has 2 aliphatic heterocycles. The van der Waals surface area contributed by atoms with E-state index in [9.17, 15) is 0 Å². The Kier molecular flexibility index (Phi) is 3.50. The van der Waals surface area contributed by atoms with E-state index in [2.05, 4.69) is 15.6 Å². The molecule has 1 saturated carbocycles. The van der Waals surface area contributed by atoms with Gasteiger partial charge in [-0.05, 0) is 51.1 Å². The highest BCUT2D eigenvalue weighted by molar-refractivity contribution is 5.76. The summed E-state index contributed by atoms with van der Waals surface area (Å²) in [5.74, 6) is 0.698. The van der Waals surface area contributed by atoms with E-state index < -0.39 is 0 Å². The van der Waals surface area contributed by atoms with Gasteiger partial charge in [0.1, 0.15) is 6.10 Å². The lowest BCUT2D eigenvalue weighted by Crippen LogP contribution is -2.34. The lowest BCUT2D eigenvalue weighted by Gasteiger charge is -2.21. The van der Waals surface area contributed by atoms with Crippen LogP contribution in [-0.4, -0.2) is 37.8 Å². The van der Waals surface area contributed by atoms with Crippen LogP contribution in [0, 0.1) is 5.92 Å². The summed E-state index contributed by atoms with van der Waals surface area (Å²) >= 11 is 0. The van der Waals surface area contributed by atoms with Gasteiger partial charge >= 0.3 is 0 Å². The molecule has 0 aromatic carbocycles. The number of nitrogens with zero attached hydrogens (tertiary/aromatic N) is 1. The molecule has 2 saturated heterocycles. The van der Waals surface area contributed by atoms with Crippen LogP contribution in [0.1, 0.15) is 38.5 Å². The van der Waals surface area contributed by atoms with Gasteiger partial charge in [0.25, 0.3) is 6.02 Å². The van der Waals surface area contributed by atoms with Crippen molar-refractivity contribution in [2.24, 2.45) is 10.9 Å². The van der Waals surface area contributed by atoms with E-state index in [0.717, 1.165) is 19.1 Å². The van der Waals surface area contributed by atoms with Gasteiger partial charge in [0.15, 0.2) is 0 Å². The van der Waals surface area contributed by atoms with Crippen LogP contribution in [-0.2, 0) is 4.74 Å². The van der Waals surface area contributed by atoms with E-state index in [4.69, 9.17) is 4.74 Å². The zero-order chi connectivity index (χ0) is 11.5. The number of nitrogens with one attached hydrogen (secondary N) is 2. The highest BCUT2D eigenvalue weighted by Crippen LogP contribution is 2.25. The van der Waals surface area contributed by atoms with Gasteiger partial charge in [0.2, 0.25) is 0 Å². The maximum atomic E-state index is 5.87. The van der Waals surface area contributed by atoms with Gasteiger partial charge in [0, 0.05) is 6.54 Å². The van der Waals surface area contributed by atoms with E-state index >= 15 is 0 Å². The average molecular weight is 237 g/mol. The molecule has 3 atom stereocenters. The number of rotatable bonds is 2. The third-order valence-corrected chi connectivity index (χ3v) is 4.17. The van der Waals surface area contributed by atoms with Crippen molar-refractivity contribution < 1.29 is 4.74 Å². The highest BCUT2D eigenvalue weighted by atomic mass is 16.5. The highest BCUT2D eigenvalue weighted by Gasteiger charge is 2.34. The van der Waals surface area contributed by atoms with Crippen molar-refractivity contribution in [2.75, 3.05) is 19.6 Å². The molecule has 4 nitrogen and oxygen atoms in total. The number of aliphatic imine (C=N–C) groups is 1. The fourth-order valence-corrected chi connectivity index (χ4v) is 3.11. The molecular weight excluding hydrogens is 214 g/mol. The largest absolute Gasteiger partial charge is 0.460 e. The number of amidine groups is 1. The van der Waals surface area contributed by atoms with Crippen molar-refractivity contribution >= 4 is 6.02 Å². The molecular formula is C13H23N3O. The van der Waals surface area contributed by atoms with Crippen LogP contribution in [0.3, 0.4) is 0 Å². The summed E-state index contributed by atoms with van der Waals surface area (Å²) in [5.41, 5.74) is 0. The topological polar surface area (TPSA) is 45.7 Å². The van der Waals surface area contributed by atoms with E-state index in [1.54, 1.807) is 0 Å². The molecule has 96 valence electrons. The second-order valence-corrected chi connectivity index (χ2v) is 5.55. The van der Waals surface area contributed by atoms with Crippen LogP contribution < -0.4 is 10.6 Å². The Hall–Kier alpha value is -0.770. The Morgan fingerprint density at radius 2 is 2.12 bits per heavy atom. The molecule has 0 aromatic heterocycles. The number of fused-ring (bicyclic) bond motifs is 1. The summed E-state index contributed by atoms with van der Waals surface area (Å²) in [6.45, 7) is 3.20. The quantitative estimate of drug-likeness (QED) is 0.760. The summed E-state index contributed by atoms with van der Waals surface area (Å²) in [6.07, 6.45) is 8.06. The van der Waals surface area contributed by atoms with Gasteiger partial charge in [-0.3, -0.25) is 0 Å². The van der Waals surface area contributed by atoms with E-state index in [1.807, 2.05) is 0 Å². The van der Waals surface area contributed by atoms with E-state index in [0.29, 0.717) is 18.1 Å². The second-order valence-electron chi connectivity index (χ2n) is 5.55. The summed E-state index contributed by atoms with van der Waals surface area (Å²) < 4.78 is 5.87. The minimum atomic E-state index is 0.395. The Balaban J connectivity index is 1.51. The van der Waals surface area contributed by atoms with E-state index in [-0.39, 0.29) is 0 Å². The molecule has 0 aromatic rings. The standard InChI is InChI=1S/C13H23N3O/c1-2-6-12-11(5-1)16-13(17-12)15-9-10-4-3-7-14-8-10/h10-12,14H,1-9H2,(H,15,16). The van der Waals surface area contributed by atoms with Crippen molar-refractivity contribution in [3.05, 3.63) is 0 Å². The molecule has 0 spiro atoms. The van der Waals surface area contributed by atoms with Crippen LogP contribution in [0.2, 0.25) is 0 Å². The van der Waals surface area contributed by atoms with Crippen LogP contribution in [0.15, 0.2) is 4.99 Å². The Labute approximate surface area is 103 Å². The number of hydrogen-bond acceptors (Lipinski definition) is 3. The lowest BCUT2D eigenvalue weighted by atomic mass is 9.93. The first-order valence-electron chi connectivity index (χ1n) is 7.10. The third kappa shape index (κ3) is 2.73. The lowest BCUT2D eigenvalue weighted by molar-refractivity contribution is 0.159. The SMILES string of the molecule is C1CNCC(CN=C2NC3CCCCC3O2)C1. The smallest absolute Gasteiger partial charge is 0.285 e. The molecule has 0 bridgehead atoms. The monoisotopic (exact) mass is 237 g/mol. The van der Waals surface area contributed by atoms with Gasteiger partial charge in [-0.2, -0.15) is 0 Å². The van der Waals surface area contributed by atoms with Crippen molar-refractivity contribution in [1.29, 1.82) is 0 Å². The van der Waals surface area contributed by atoms with Gasteiger partial charge < -0.3 is 15.4 Å². The first-order chi connectivity index (χ1) is 8.42. The Bertz CT molecular complexity index is 270. The number of hydrogen-bond donors (Lipinski definition) is 2. The first kappa shape index (κ1) is 11.3. The van der Waals surface area contributed by atoms with E-state index in [1.165, 1.54) is 45.1 Å². The summed E-state index contributed by atoms with van der Waals surface area (Å²) in [4.78, 5) is 4.61. The molecule has 3 fully saturated rings. The summed E-state index contributed by atoms with van der Waals surface area (Å²) in [7, 11) is 0. The molecule has 3 aliphatic rings. The predicted octanol–water partition coefficient (Wildman–Crippen LogP) is 1.27. The maximum Gasteiger partial charge on any atom is 0.285 e. The molecule has 1 aliphatic carbocycles. The average Bonchev–Trinajstić information content (AvgIpc) is 2.80. The third-order valence-electron chi connectivity index (χ3n) is 4.17. The second kappa shape index (κ2) is 5.25. The fraction of sp³-hybridized carbons (Fsp3) is 0.923. The van der Waals surface area contributed by atoms with Crippen LogP contribution in [0.4, 0.5) is 0 Å². The zero-order valence-electron chi connectivity index (χ0n) is 10.5. The van der Waals surface area contributed by atoms with Crippen molar-refractivity contribution in [2.45, 2.75) is 50.7 Å². The van der Waals surface area contributed by atoms with Crippen LogP contribution in [0.5, 0.6) is 0 Å². The number of ether oxygens (including phenoxy) is 1. The molecule has 17 heavy (non-hydrogen) atoms. The number of piperidine rings is 1. The van der Waals surface area contributed by atoms with Gasteiger partial charge in [-0.25, -0.2) is 4.99 Å². The molecule has 4 heteroatoms. The van der Waals surface area contributed by atoms with Crippen molar-refractivity contribution in [3.63, 3.8) is 0 Å². The fourth-order valence-electron chi connectivity index (χ4n) is 3.11. The molecule has 0 radical (unpaired) electrons. The Morgan fingerprint density at radius 3 is 2.94 bits per heavy atom. The van der Waals surface area contributed by atoms with Crippen molar-refractivity contribution in [3.8, 4) is 0 Å². The molecule has 3 unspecified atom stereocenters. The van der Waals surface area contributed by atoms with Crippen LogP contribution in [0.25, 0.3) is 0 Å². The maximum absolute atomic E-state index is 5.87. The van der Waals surface area contributed by atoms with Gasteiger partial charge in [-0.1, -0.05) is 6.42 Å². The summed E-state index contributed by atoms with van der Waals surface area (Å²) in [5, 5.41) is 6.87. The van der Waals surface area contributed by atoms with Gasteiger partial charge in [0.05, 0.1) is 6.04 Å². The van der Waals surface area contributed by atoms with Crippen LogP contribution >= 0.6 is 0 Å². The molecule has 2 heterocycles. The predicted molar refractivity (Wildman–Crippen MR) is 68.2 cm³/mol. The molecule has 2 N–H and O–H groups in total.